The fraction of sp³-hybridized carbons (Fsp3) is 0.350. The van der Waals surface area contributed by atoms with Crippen LogP contribution in [0.2, 0.25) is 0 Å². The van der Waals surface area contributed by atoms with Crippen molar-refractivity contribution in [2.45, 2.75) is 31.2 Å². The first kappa shape index (κ1) is 13.9. The molecule has 2 aromatic rings. The van der Waals surface area contributed by atoms with Crippen molar-refractivity contribution in [3.05, 3.63) is 53.1 Å². The number of hydrogen-bond donors (Lipinski definition) is 0. The van der Waals surface area contributed by atoms with E-state index in [0.717, 1.165) is 36.6 Å². The van der Waals surface area contributed by atoms with Crippen LogP contribution < -0.4 is 9.47 Å². The molecule has 122 valence electrons. The van der Waals surface area contributed by atoms with Crippen LogP contribution in [-0.2, 0) is 11.2 Å². The lowest BCUT2D eigenvalue weighted by Gasteiger charge is -2.31. The van der Waals surface area contributed by atoms with E-state index in [9.17, 15) is 4.79 Å². The predicted molar refractivity (Wildman–Crippen MR) is 89.8 cm³/mol. The molecule has 0 radical (unpaired) electrons. The average Bonchev–Trinajstić information content (AvgIpc) is 2.85. The number of hydrogen-bond acceptors (Lipinski definition) is 3. The van der Waals surface area contributed by atoms with Crippen molar-refractivity contribution in [1.29, 1.82) is 0 Å². The van der Waals surface area contributed by atoms with Gasteiger partial charge in [-0.15, -0.1) is 0 Å². The Morgan fingerprint density at radius 2 is 2.08 bits per heavy atom. The lowest BCUT2D eigenvalue weighted by molar-refractivity contribution is -0.129. The summed E-state index contributed by atoms with van der Waals surface area (Å²) in [6, 6.07) is 12.6. The van der Waals surface area contributed by atoms with E-state index >= 15 is 0 Å². The van der Waals surface area contributed by atoms with E-state index in [1.807, 2.05) is 24.3 Å². The number of fused-ring (bicyclic) bond motifs is 3. The molecule has 5 rings (SSSR count). The smallest absolute Gasteiger partial charge is 0.222 e. The summed E-state index contributed by atoms with van der Waals surface area (Å²) in [5.41, 5.74) is 3.66. The second-order valence-electron chi connectivity index (χ2n) is 6.80. The Bertz CT molecular complexity index is 845. The molecule has 4 heteroatoms. The summed E-state index contributed by atoms with van der Waals surface area (Å²) in [7, 11) is 1.68. The fourth-order valence-corrected chi connectivity index (χ4v) is 4.47. The monoisotopic (exact) mass is 321 g/mol. The highest BCUT2D eigenvalue weighted by Crippen LogP contribution is 2.51. The third-order valence-corrected chi connectivity index (χ3v) is 5.61. The van der Waals surface area contributed by atoms with Gasteiger partial charge >= 0.3 is 0 Å². The minimum Gasteiger partial charge on any atom is -0.493 e. The summed E-state index contributed by atoms with van der Waals surface area (Å²) in [5, 5.41) is 0. The van der Waals surface area contributed by atoms with Gasteiger partial charge in [0.25, 0.3) is 0 Å². The van der Waals surface area contributed by atoms with Gasteiger partial charge in [-0.05, 0) is 30.5 Å². The highest BCUT2D eigenvalue weighted by atomic mass is 16.5. The molecular weight excluding hydrogens is 302 g/mol. The first-order valence-electron chi connectivity index (χ1n) is 8.52. The van der Waals surface area contributed by atoms with Gasteiger partial charge in [0.05, 0.1) is 7.11 Å². The van der Waals surface area contributed by atoms with Crippen LogP contribution in [0.3, 0.4) is 0 Å². The van der Waals surface area contributed by atoms with Crippen LogP contribution in [-0.4, -0.2) is 30.5 Å². The van der Waals surface area contributed by atoms with Gasteiger partial charge in [-0.25, -0.2) is 0 Å². The van der Waals surface area contributed by atoms with Crippen LogP contribution in [0.25, 0.3) is 0 Å². The van der Waals surface area contributed by atoms with Crippen molar-refractivity contribution in [3.8, 4) is 17.2 Å². The molecule has 3 aliphatic heterocycles. The van der Waals surface area contributed by atoms with Crippen molar-refractivity contribution in [3.63, 3.8) is 0 Å². The van der Waals surface area contributed by atoms with Gasteiger partial charge in [0.1, 0.15) is 5.75 Å². The van der Waals surface area contributed by atoms with Crippen molar-refractivity contribution in [2.75, 3.05) is 13.7 Å². The van der Waals surface area contributed by atoms with Gasteiger partial charge in [0.15, 0.2) is 11.5 Å². The topological polar surface area (TPSA) is 38.8 Å². The lowest BCUT2D eigenvalue weighted by atomic mass is 9.84. The SMILES string of the molecule is COc1ccc2c3c1Oc1ccccc1[C@H]3CN1C(=O)CC[C@H]1C2. The molecule has 1 saturated heterocycles. The highest BCUT2D eigenvalue weighted by Gasteiger charge is 2.41. The molecule has 0 aromatic heterocycles. The molecule has 1 fully saturated rings. The van der Waals surface area contributed by atoms with Crippen LogP contribution in [0.1, 0.15) is 35.4 Å². The van der Waals surface area contributed by atoms with Gasteiger partial charge in [-0.2, -0.15) is 0 Å². The van der Waals surface area contributed by atoms with Gasteiger partial charge in [0.2, 0.25) is 5.91 Å². The zero-order valence-corrected chi connectivity index (χ0v) is 13.6. The Labute approximate surface area is 141 Å². The Balaban J connectivity index is 1.74. The summed E-state index contributed by atoms with van der Waals surface area (Å²) in [4.78, 5) is 14.5. The molecular formula is C20H19NO3. The molecule has 0 spiro atoms. The summed E-state index contributed by atoms with van der Waals surface area (Å²) in [5.74, 6) is 2.90. The van der Waals surface area contributed by atoms with Crippen LogP contribution in [0.5, 0.6) is 17.2 Å². The molecule has 0 N–H and O–H groups in total. The third kappa shape index (κ3) is 1.83. The number of rotatable bonds is 1. The maximum absolute atomic E-state index is 12.4. The number of carbonyl (C=O) groups excluding carboxylic acids is 1. The summed E-state index contributed by atoms with van der Waals surface area (Å²) in [6.07, 6.45) is 2.53. The third-order valence-electron chi connectivity index (χ3n) is 5.61. The second kappa shape index (κ2) is 5.00. The quantitative estimate of drug-likeness (QED) is 0.807. The molecule has 2 aromatic carbocycles. The minimum atomic E-state index is 0.155. The molecule has 24 heavy (non-hydrogen) atoms. The molecule has 0 unspecified atom stereocenters. The van der Waals surface area contributed by atoms with Crippen molar-refractivity contribution < 1.29 is 14.3 Å². The number of ether oxygens (including phenoxy) is 2. The van der Waals surface area contributed by atoms with Crippen LogP contribution in [0, 0.1) is 0 Å². The Morgan fingerprint density at radius 3 is 2.96 bits per heavy atom. The molecule has 0 saturated carbocycles. The van der Waals surface area contributed by atoms with Crippen LogP contribution in [0.4, 0.5) is 0 Å². The predicted octanol–water partition coefficient (Wildman–Crippen LogP) is 3.48. The number of amides is 1. The van der Waals surface area contributed by atoms with Gasteiger partial charge in [-0.1, -0.05) is 24.3 Å². The fourth-order valence-electron chi connectivity index (χ4n) is 4.47. The van der Waals surface area contributed by atoms with Gasteiger partial charge in [-0.3, -0.25) is 4.79 Å². The number of nitrogens with zero attached hydrogens (tertiary/aromatic N) is 1. The maximum atomic E-state index is 12.4. The zero-order valence-electron chi connectivity index (χ0n) is 13.6. The molecule has 3 aliphatic rings. The molecule has 0 aliphatic carbocycles. The largest absolute Gasteiger partial charge is 0.493 e. The molecule has 2 atom stereocenters. The van der Waals surface area contributed by atoms with Gasteiger partial charge in [0, 0.05) is 36.1 Å². The summed E-state index contributed by atoms with van der Waals surface area (Å²) >= 11 is 0. The maximum Gasteiger partial charge on any atom is 0.222 e. The molecule has 3 heterocycles. The van der Waals surface area contributed by atoms with E-state index in [2.05, 4.69) is 17.0 Å². The molecule has 1 amide bonds. The number of para-hydroxylation sites is 1. The zero-order chi connectivity index (χ0) is 16.3. The molecule has 4 nitrogen and oxygen atoms in total. The molecule has 0 bridgehead atoms. The summed E-state index contributed by atoms with van der Waals surface area (Å²) < 4.78 is 11.8. The van der Waals surface area contributed by atoms with Crippen LogP contribution in [0.15, 0.2) is 36.4 Å². The number of methoxy groups -OCH3 is 1. The van der Waals surface area contributed by atoms with E-state index in [1.165, 1.54) is 16.7 Å². The van der Waals surface area contributed by atoms with Crippen molar-refractivity contribution in [1.82, 2.24) is 4.90 Å². The van der Waals surface area contributed by atoms with E-state index in [4.69, 9.17) is 9.47 Å². The second-order valence-corrected chi connectivity index (χ2v) is 6.80. The van der Waals surface area contributed by atoms with Crippen molar-refractivity contribution in [2.24, 2.45) is 0 Å². The number of carbonyl (C=O) groups is 1. The normalized spacial score (nSPS) is 23.7. The Kier molecular flexibility index (Phi) is 2.90. The minimum absolute atomic E-state index is 0.155. The standard InChI is InChI=1S/C20H19NO3/c1-23-17-8-6-12-10-13-7-9-18(22)21(13)11-15-14-4-2-3-5-16(14)24-20(17)19(12)15/h2-6,8,13,15H,7,9-11H2,1H3/t13-,15+/m0/s1. The van der Waals surface area contributed by atoms with E-state index in [-0.39, 0.29) is 11.8 Å². The average molecular weight is 321 g/mol. The Morgan fingerprint density at radius 1 is 1.21 bits per heavy atom. The lowest BCUT2D eigenvalue weighted by Crippen LogP contribution is -2.36. The first-order chi connectivity index (χ1) is 11.8. The Hall–Kier alpha value is -2.49. The van der Waals surface area contributed by atoms with Crippen molar-refractivity contribution >= 4 is 5.91 Å². The van der Waals surface area contributed by atoms with E-state index in [1.54, 1.807) is 7.11 Å². The van der Waals surface area contributed by atoms with Crippen LogP contribution >= 0.6 is 0 Å². The highest BCUT2D eigenvalue weighted by molar-refractivity contribution is 5.79. The van der Waals surface area contributed by atoms with E-state index < -0.39 is 0 Å². The number of benzene rings is 2. The van der Waals surface area contributed by atoms with E-state index in [0.29, 0.717) is 12.5 Å². The summed E-state index contributed by atoms with van der Waals surface area (Å²) in [6.45, 7) is 0.733. The van der Waals surface area contributed by atoms with Gasteiger partial charge < -0.3 is 14.4 Å². The first-order valence-corrected chi connectivity index (χ1v) is 8.52.